The van der Waals surface area contributed by atoms with E-state index in [2.05, 4.69) is 29.0 Å². The number of fused-ring (bicyclic) bond motifs is 1. The second kappa shape index (κ2) is 9.98. The van der Waals surface area contributed by atoms with Crippen molar-refractivity contribution in [1.82, 2.24) is 9.29 Å². The molecule has 1 fully saturated rings. The fourth-order valence-corrected chi connectivity index (χ4v) is 5.09. The molecular weight excluding hydrogens is 424 g/mol. The molecule has 170 valence electrons. The summed E-state index contributed by atoms with van der Waals surface area (Å²) in [6.45, 7) is 0.378. The largest absolute Gasteiger partial charge is 0.376 e. The van der Waals surface area contributed by atoms with Crippen LogP contribution in [0, 0.1) is 0 Å². The normalized spacial score (nSPS) is 20.3. The second-order valence-corrected chi connectivity index (χ2v) is 10.4. The average Bonchev–Trinajstić information content (AvgIpc) is 2.80. The van der Waals surface area contributed by atoms with Gasteiger partial charge in [-0.15, -0.1) is 0 Å². The van der Waals surface area contributed by atoms with Gasteiger partial charge >= 0.3 is 0 Å². The van der Waals surface area contributed by atoms with Crippen LogP contribution in [-0.4, -0.2) is 38.5 Å². The number of para-hydroxylation sites is 1. The molecule has 1 aliphatic carbocycles. The number of hydrogen-bond donors (Lipinski definition) is 1. The van der Waals surface area contributed by atoms with E-state index in [1.165, 1.54) is 11.6 Å². The molecule has 1 atom stereocenters. The van der Waals surface area contributed by atoms with Crippen LogP contribution >= 0.6 is 0 Å². The van der Waals surface area contributed by atoms with Crippen LogP contribution in [0.15, 0.2) is 71.5 Å². The number of pyridine rings is 1. The maximum atomic E-state index is 12.8. The van der Waals surface area contributed by atoms with Crippen molar-refractivity contribution >= 4 is 20.9 Å². The zero-order chi connectivity index (χ0) is 22.6. The predicted molar refractivity (Wildman–Crippen MR) is 127 cm³/mol. The van der Waals surface area contributed by atoms with Crippen molar-refractivity contribution in [1.29, 1.82) is 0 Å². The number of hydrogen-bond acceptors (Lipinski definition) is 4. The number of rotatable bonds is 8. The van der Waals surface area contributed by atoms with Gasteiger partial charge in [-0.05, 0) is 54.7 Å². The molecule has 3 aromatic rings. The van der Waals surface area contributed by atoms with Crippen molar-refractivity contribution in [2.75, 3.05) is 19.4 Å². The number of nitrogens with one attached hydrogen (secondary N) is 1. The Bertz CT molecular complexity index is 1200. The van der Waals surface area contributed by atoms with E-state index in [1.807, 2.05) is 30.3 Å². The topological polar surface area (TPSA) is 77.4 Å². The van der Waals surface area contributed by atoms with Gasteiger partial charge in [0.2, 0.25) is 10.0 Å². The van der Waals surface area contributed by atoms with Gasteiger partial charge in [0.15, 0.2) is 0 Å². The molecule has 1 aromatic heterocycles. The highest BCUT2D eigenvalue weighted by atomic mass is 32.2. The van der Waals surface area contributed by atoms with Gasteiger partial charge in [-0.2, -0.15) is 0 Å². The summed E-state index contributed by atoms with van der Waals surface area (Å²) in [4.78, 5) is 12.8. The number of nitrogens with zero attached hydrogens (tertiary/aromatic N) is 1. The van der Waals surface area contributed by atoms with Gasteiger partial charge in [0, 0.05) is 12.6 Å². The highest BCUT2D eigenvalue weighted by Gasteiger charge is 2.25. The van der Waals surface area contributed by atoms with E-state index in [4.69, 9.17) is 4.74 Å². The standard InChI is InChI=1S/C25H30N2O4S/c1-32(29,30)26-17-22(27-24-10-6-5-9-21(24)13-16-25(27)28)18-31-23-14-11-20(12-15-23)19-7-3-2-4-8-19/h2-10,13,16,20,22-23,26H,11-12,14-15,17-18H2,1H3/t20-,22?,23+. The van der Waals surface area contributed by atoms with Crippen molar-refractivity contribution in [3.05, 3.63) is 82.6 Å². The Morgan fingerprint density at radius 3 is 2.38 bits per heavy atom. The molecule has 1 aliphatic rings. The fourth-order valence-electron chi connectivity index (χ4n) is 4.59. The lowest BCUT2D eigenvalue weighted by Gasteiger charge is -2.30. The molecule has 4 rings (SSSR count). The first-order chi connectivity index (χ1) is 15.4. The summed E-state index contributed by atoms with van der Waals surface area (Å²) in [5, 5.41) is 0.930. The third-order valence-corrected chi connectivity index (χ3v) is 6.95. The smallest absolute Gasteiger partial charge is 0.251 e. The molecule has 0 aliphatic heterocycles. The second-order valence-electron chi connectivity index (χ2n) is 8.59. The number of aromatic nitrogens is 1. The van der Waals surface area contributed by atoms with Crippen LogP contribution in [0.4, 0.5) is 0 Å². The highest BCUT2D eigenvalue weighted by Crippen LogP contribution is 2.34. The number of ether oxygens (including phenoxy) is 1. The lowest BCUT2D eigenvalue weighted by molar-refractivity contribution is 0.00801. The van der Waals surface area contributed by atoms with Crippen LogP contribution in [0.1, 0.15) is 43.2 Å². The summed E-state index contributed by atoms with van der Waals surface area (Å²) in [5.74, 6) is 0.555. The van der Waals surface area contributed by atoms with Crippen LogP contribution in [0.2, 0.25) is 0 Å². The molecule has 0 radical (unpaired) electrons. The lowest BCUT2D eigenvalue weighted by Crippen LogP contribution is -2.38. The van der Waals surface area contributed by atoms with E-state index in [-0.39, 0.29) is 24.8 Å². The zero-order valence-corrected chi connectivity index (χ0v) is 19.1. The maximum Gasteiger partial charge on any atom is 0.251 e. The Balaban J connectivity index is 1.48. The van der Waals surface area contributed by atoms with E-state index >= 15 is 0 Å². The van der Waals surface area contributed by atoms with Crippen molar-refractivity contribution in [3.8, 4) is 0 Å². The molecule has 1 N–H and O–H groups in total. The SMILES string of the molecule is CS(=O)(=O)NCC(CO[C@H]1CC[C@@H](c2ccccc2)CC1)n1c(=O)ccc2ccccc21. The molecule has 0 saturated heterocycles. The van der Waals surface area contributed by atoms with Crippen molar-refractivity contribution in [3.63, 3.8) is 0 Å². The Kier molecular flexibility index (Phi) is 7.08. The molecule has 1 unspecified atom stereocenters. The lowest BCUT2D eigenvalue weighted by atomic mass is 9.83. The Hall–Kier alpha value is -2.48. The first-order valence-electron chi connectivity index (χ1n) is 11.1. The van der Waals surface area contributed by atoms with Gasteiger partial charge in [0.05, 0.1) is 30.5 Å². The van der Waals surface area contributed by atoms with Crippen molar-refractivity contribution in [2.24, 2.45) is 0 Å². The minimum Gasteiger partial charge on any atom is -0.376 e. The van der Waals surface area contributed by atoms with Crippen LogP contribution in [-0.2, 0) is 14.8 Å². The van der Waals surface area contributed by atoms with Crippen LogP contribution in [0.25, 0.3) is 10.9 Å². The molecule has 6 nitrogen and oxygen atoms in total. The summed E-state index contributed by atoms with van der Waals surface area (Å²) >= 11 is 0. The van der Waals surface area contributed by atoms with Gasteiger partial charge in [-0.1, -0.05) is 48.5 Å². The van der Waals surface area contributed by atoms with Crippen molar-refractivity contribution < 1.29 is 13.2 Å². The van der Waals surface area contributed by atoms with E-state index in [9.17, 15) is 13.2 Å². The minimum absolute atomic E-state index is 0.103. The molecule has 0 amide bonds. The fraction of sp³-hybridized carbons (Fsp3) is 0.400. The van der Waals surface area contributed by atoms with Gasteiger partial charge < -0.3 is 9.30 Å². The zero-order valence-electron chi connectivity index (χ0n) is 18.3. The van der Waals surface area contributed by atoms with Crippen LogP contribution < -0.4 is 10.3 Å². The molecule has 0 bridgehead atoms. The molecule has 1 heterocycles. The third-order valence-electron chi connectivity index (χ3n) is 6.25. The predicted octanol–water partition coefficient (Wildman–Crippen LogP) is 3.83. The number of benzene rings is 2. The Morgan fingerprint density at radius 2 is 1.66 bits per heavy atom. The third kappa shape index (κ3) is 5.65. The van der Waals surface area contributed by atoms with Crippen LogP contribution in [0.5, 0.6) is 0 Å². The van der Waals surface area contributed by atoms with E-state index < -0.39 is 16.1 Å². The molecular formula is C25H30N2O4S. The van der Waals surface area contributed by atoms with Gasteiger partial charge in [-0.25, -0.2) is 13.1 Å². The van der Waals surface area contributed by atoms with E-state index in [0.29, 0.717) is 5.92 Å². The van der Waals surface area contributed by atoms with Gasteiger partial charge in [-0.3, -0.25) is 4.79 Å². The molecule has 7 heteroatoms. The Morgan fingerprint density at radius 1 is 0.969 bits per heavy atom. The summed E-state index contributed by atoms with van der Waals surface area (Å²) in [5.41, 5.74) is 1.99. The van der Waals surface area contributed by atoms with E-state index in [1.54, 1.807) is 10.6 Å². The molecule has 1 saturated carbocycles. The quantitative estimate of drug-likeness (QED) is 0.561. The summed E-state index contributed by atoms with van der Waals surface area (Å²) in [7, 11) is -3.40. The first-order valence-corrected chi connectivity index (χ1v) is 13.0. The molecule has 2 aromatic carbocycles. The van der Waals surface area contributed by atoms with Crippen LogP contribution in [0.3, 0.4) is 0 Å². The summed E-state index contributed by atoms with van der Waals surface area (Å²) in [6.07, 6.45) is 5.28. The van der Waals surface area contributed by atoms with Gasteiger partial charge in [0.25, 0.3) is 5.56 Å². The van der Waals surface area contributed by atoms with Gasteiger partial charge in [0.1, 0.15) is 0 Å². The molecule has 32 heavy (non-hydrogen) atoms. The monoisotopic (exact) mass is 454 g/mol. The first kappa shape index (κ1) is 22.7. The van der Waals surface area contributed by atoms with Crippen molar-refractivity contribution in [2.45, 2.75) is 43.7 Å². The Labute approximate surface area is 189 Å². The maximum absolute atomic E-state index is 12.8. The highest BCUT2D eigenvalue weighted by molar-refractivity contribution is 7.88. The molecule has 0 spiro atoms. The summed E-state index contributed by atoms with van der Waals surface area (Å²) in [6, 6.07) is 21.1. The summed E-state index contributed by atoms with van der Waals surface area (Å²) < 4.78 is 34.0. The average molecular weight is 455 g/mol. The minimum atomic E-state index is -3.40. The number of sulfonamides is 1. The van der Waals surface area contributed by atoms with E-state index in [0.717, 1.165) is 42.8 Å².